The molecule has 3 rings (SSSR count). The number of hydrogen-bond donors (Lipinski definition) is 1. The van der Waals surface area contributed by atoms with E-state index in [1.807, 2.05) is 0 Å². The van der Waals surface area contributed by atoms with Crippen molar-refractivity contribution in [2.24, 2.45) is 5.92 Å². The van der Waals surface area contributed by atoms with Crippen molar-refractivity contribution in [2.45, 2.75) is 30.5 Å². The van der Waals surface area contributed by atoms with Gasteiger partial charge in [-0.1, -0.05) is 12.1 Å². The van der Waals surface area contributed by atoms with Gasteiger partial charge in [-0.05, 0) is 48.7 Å². The van der Waals surface area contributed by atoms with Gasteiger partial charge in [-0.15, -0.1) is 0 Å². The van der Waals surface area contributed by atoms with Crippen LogP contribution < -0.4 is 10.1 Å². The number of alkyl halides is 3. The molecule has 0 bridgehead atoms. The van der Waals surface area contributed by atoms with E-state index in [9.17, 15) is 30.8 Å². The number of hydrogen-bond acceptors (Lipinski definition) is 4. The van der Waals surface area contributed by atoms with E-state index in [0.29, 0.717) is 11.6 Å². The standard InChI is InChI=1S/C21H22F4N2O4S/c1-31-19-6-5-14(11-18(19)22)13-26-20(28)15-7-9-27(10-8-15)32(29,30)17-4-2-3-16(12-17)21(23,24)25/h2-6,11-12,15H,7-10,13H2,1H3,(H,26,28). The van der Waals surface area contributed by atoms with Crippen molar-refractivity contribution in [1.82, 2.24) is 9.62 Å². The SMILES string of the molecule is COc1ccc(CNC(=O)C2CCN(S(=O)(=O)c3cccc(C(F)(F)F)c3)CC2)cc1F. The van der Waals surface area contributed by atoms with Gasteiger partial charge in [0.1, 0.15) is 0 Å². The van der Waals surface area contributed by atoms with Crippen molar-refractivity contribution in [3.8, 4) is 5.75 Å². The summed E-state index contributed by atoms with van der Waals surface area (Å²) in [5.41, 5.74) is -0.496. The molecule has 0 radical (unpaired) electrons. The van der Waals surface area contributed by atoms with E-state index in [1.165, 1.54) is 19.2 Å². The summed E-state index contributed by atoms with van der Waals surface area (Å²) in [6.07, 6.45) is -4.20. The highest BCUT2D eigenvalue weighted by Gasteiger charge is 2.35. The summed E-state index contributed by atoms with van der Waals surface area (Å²) in [7, 11) is -2.77. The number of benzene rings is 2. The second-order valence-corrected chi connectivity index (χ2v) is 9.33. The molecular weight excluding hydrogens is 452 g/mol. The Kier molecular flexibility index (Phi) is 7.09. The molecule has 32 heavy (non-hydrogen) atoms. The summed E-state index contributed by atoms with van der Waals surface area (Å²) in [6.45, 7) is 0.115. The van der Waals surface area contributed by atoms with Crippen LogP contribution in [0.25, 0.3) is 0 Å². The lowest BCUT2D eigenvalue weighted by molar-refractivity contribution is -0.137. The predicted octanol–water partition coefficient (Wildman–Crippen LogP) is 3.57. The molecule has 0 spiro atoms. The molecule has 1 heterocycles. The summed E-state index contributed by atoms with van der Waals surface area (Å²) >= 11 is 0. The Morgan fingerprint density at radius 2 is 1.84 bits per heavy atom. The zero-order valence-corrected chi connectivity index (χ0v) is 18.0. The maximum atomic E-state index is 13.8. The third-order valence-electron chi connectivity index (χ3n) is 5.31. The highest BCUT2D eigenvalue weighted by Crippen LogP contribution is 2.32. The molecule has 2 aromatic carbocycles. The molecule has 0 aliphatic carbocycles. The van der Waals surface area contributed by atoms with Gasteiger partial charge in [0.25, 0.3) is 0 Å². The Balaban J connectivity index is 1.58. The van der Waals surface area contributed by atoms with E-state index >= 15 is 0 Å². The average molecular weight is 474 g/mol. The van der Waals surface area contributed by atoms with Crippen LogP contribution in [0.15, 0.2) is 47.4 Å². The van der Waals surface area contributed by atoms with Crippen LogP contribution >= 0.6 is 0 Å². The smallest absolute Gasteiger partial charge is 0.416 e. The Morgan fingerprint density at radius 1 is 1.16 bits per heavy atom. The molecule has 1 N–H and O–H groups in total. The summed E-state index contributed by atoms with van der Waals surface area (Å²) in [6, 6.07) is 7.92. The number of nitrogens with one attached hydrogen (secondary N) is 1. The van der Waals surface area contributed by atoms with Gasteiger partial charge in [-0.3, -0.25) is 4.79 Å². The number of sulfonamides is 1. The average Bonchev–Trinajstić information content (AvgIpc) is 2.77. The fourth-order valence-corrected chi connectivity index (χ4v) is 5.01. The van der Waals surface area contributed by atoms with Crippen molar-refractivity contribution in [2.75, 3.05) is 20.2 Å². The van der Waals surface area contributed by atoms with Gasteiger partial charge in [0.15, 0.2) is 11.6 Å². The van der Waals surface area contributed by atoms with Gasteiger partial charge in [0, 0.05) is 25.6 Å². The largest absolute Gasteiger partial charge is 0.494 e. The lowest BCUT2D eigenvalue weighted by Gasteiger charge is -2.30. The zero-order chi connectivity index (χ0) is 23.5. The monoisotopic (exact) mass is 474 g/mol. The summed E-state index contributed by atoms with van der Waals surface area (Å²) in [5, 5.41) is 2.70. The molecule has 1 saturated heterocycles. The van der Waals surface area contributed by atoms with E-state index in [0.717, 1.165) is 22.5 Å². The zero-order valence-electron chi connectivity index (χ0n) is 17.2. The second kappa shape index (κ2) is 9.45. The molecule has 0 unspecified atom stereocenters. The Morgan fingerprint density at radius 3 is 2.44 bits per heavy atom. The number of methoxy groups -OCH3 is 1. The van der Waals surface area contributed by atoms with Gasteiger partial charge in [0.05, 0.1) is 17.6 Å². The minimum atomic E-state index is -4.65. The number of rotatable bonds is 6. The van der Waals surface area contributed by atoms with Crippen molar-refractivity contribution in [3.63, 3.8) is 0 Å². The Labute approximate surface area is 183 Å². The molecule has 2 aromatic rings. The molecule has 0 atom stereocenters. The molecule has 1 fully saturated rings. The van der Waals surface area contributed by atoms with Crippen LogP contribution in [0.1, 0.15) is 24.0 Å². The van der Waals surface area contributed by atoms with Gasteiger partial charge < -0.3 is 10.1 Å². The lowest BCUT2D eigenvalue weighted by atomic mass is 9.97. The van der Waals surface area contributed by atoms with Crippen LogP contribution in [-0.4, -0.2) is 38.8 Å². The highest BCUT2D eigenvalue weighted by atomic mass is 32.2. The third-order valence-corrected chi connectivity index (χ3v) is 7.20. The Bertz CT molecular complexity index is 1080. The van der Waals surface area contributed by atoms with Crippen molar-refractivity contribution >= 4 is 15.9 Å². The first-order valence-electron chi connectivity index (χ1n) is 9.80. The Hall–Kier alpha value is -2.66. The summed E-state index contributed by atoms with van der Waals surface area (Å²) in [4.78, 5) is 12.0. The predicted molar refractivity (Wildman–Crippen MR) is 108 cm³/mol. The summed E-state index contributed by atoms with van der Waals surface area (Å²) < 4.78 is 83.9. The van der Waals surface area contributed by atoms with Crippen molar-refractivity contribution in [1.29, 1.82) is 0 Å². The van der Waals surface area contributed by atoms with Crippen LogP contribution in [0.4, 0.5) is 17.6 Å². The van der Waals surface area contributed by atoms with Crippen molar-refractivity contribution in [3.05, 3.63) is 59.4 Å². The second-order valence-electron chi connectivity index (χ2n) is 7.39. The van der Waals surface area contributed by atoms with Crippen LogP contribution in [-0.2, 0) is 27.5 Å². The topological polar surface area (TPSA) is 75.7 Å². The first-order valence-corrected chi connectivity index (χ1v) is 11.2. The molecule has 174 valence electrons. The fourth-order valence-electron chi connectivity index (χ4n) is 3.49. The molecule has 0 aromatic heterocycles. The highest BCUT2D eigenvalue weighted by molar-refractivity contribution is 7.89. The van der Waals surface area contributed by atoms with Crippen LogP contribution in [0.5, 0.6) is 5.75 Å². The van der Waals surface area contributed by atoms with Gasteiger partial charge in [0.2, 0.25) is 15.9 Å². The van der Waals surface area contributed by atoms with Crippen LogP contribution in [0, 0.1) is 11.7 Å². The first kappa shape index (κ1) is 24.0. The number of ether oxygens (including phenoxy) is 1. The number of carbonyl (C=O) groups excluding carboxylic acids is 1. The lowest BCUT2D eigenvalue weighted by Crippen LogP contribution is -2.42. The quantitative estimate of drug-likeness (QED) is 0.650. The van der Waals surface area contributed by atoms with E-state index in [4.69, 9.17) is 4.74 Å². The molecule has 1 aliphatic rings. The van der Waals surface area contributed by atoms with Gasteiger partial charge in [-0.25, -0.2) is 12.8 Å². The van der Waals surface area contributed by atoms with E-state index in [-0.39, 0.29) is 44.1 Å². The first-order chi connectivity index (χ1) is 15.0. The van der Waals surface area contributed by atoms with E-state index < -0.39 is 38.4 Å². The molecule has 1 aliphatic heterocycles. The van der Waals surface area contributed by atoms with Gasteiger partial charge in [-0.2, -0.15) is 17.5 Å². The van der Waals surface area contributed by atoms with Crippen molar-refractivity contribution < 1.29 is 35.5 Å². The minimum absolute atomic E-state index is 0.00777. The van der Waals surface area contributed by atoms with E-state index in [1.54, 1.807) is 6.07 Å². The maximum Gasteiger partial charge on any atom is 0.416 e. The minimum Gasteiger partial charge on any atom is -0.494 e. The van der Waals surface area contributed by atoms with Crippen LogP contribution in [0.2, 0.25) is 0 Å². The van der Waals surface area contributed by atoms with Gasteiger partial charge >= 0.3 is 6.18 Å². The summed E-state index contributed by atoms with van der Waals surface area (Å²) in [5.74, 6) is -1.20. The van der Waals surface area contributed by atoms with Crippen LogP contribution in [0.3, 0.4) is 0 Å². The number of amides is 1. The third kappa shape index (κ3) is 5.39. The number of nitrogens with zero attached hydrogens (tertiary/aromatic N) is 1. The fraction of sp³-hybridized carbons (Fsp3) is 0.381. The molecule has 11 heteroatoms. The molecular formula is C21H22F4N2O4S. The number of carbonyl (C=O) groups is 1. The number of piperidine rings is 1. The van der Waals surface area contributed by atoms with E-state index in [2.05, 4.69) is 5.32 Å². The molecule has 0 saturated carbocycles. The maximum absolute atomic E-state index is 13.8. The number of halogens is 4. The molecule has 6 nitrogen and oxygen atoms in total. The molecule has 1 amide bonds. The normalized spacial score (nSPS) is 16.0.